The SMILES string of the molecule is CCOC[C@@]1(O)CC[C@@H]2[C@H]3CC[C@]4(C)[C@@H](C(=O)Cn5ncc6ncccc65)CC[C@H]4[C@@H]3CC[C@@]2(C)C1. The highest BCUT2D eigenvalue weighted by Crippen LogP contribution is 2.67. The molecule has 2 heterocycles. The quantitative estimate of drug-likeness (QED) is 0.581. The molecular weight excluding hydrogens is 450 g/mol. The summed E-state index contributed by atoms with van der Waals surface area (Å²) in [7, 11) is 0. The van der Waals surface area contributed by atoms with Gasteiger partial charge in [0.05, 0.1) is 23.9 Å². The Morgan fingerprint density at radius 3 is 2.75 bits per heavy atom. The molecule has 0 saturated heterocycles. The van der Waals surface area contributed by atoms with Gasteiger partial charge in [-0.3, -0.25) is 14.5 Å². The molecule has 6 nitrogen and oxygen atoms in total. The van der Waals surface area contributed by atoms with E-state index in [1.165, 1.54) is 25.7 Å². The molecule has 196 valence electrons. The Kier molecular flexibility index (Phi) is 6.07. The number of pyridine rings is 1. The number of rotatable bonds is 6. The summed E-state index contributed by atoms with van der Waals surface area (Å²) >= 11 is 0. The fourth-order valence-electron chi connectivity index (χ4n) is 9.72. The average Bonchev–Trinajstić information content (AvgIpc) is 3.43. The van der Waals surface area contributed by atoms with Crippen LogP contribution in [0, 0.1) is 40.4 Å². The van der Waals surface area contributed by atoms with Gasteiger partial charge in [0.2, 0.25) is 0 Å². The fraction of sp³-hybridized carbons (Fsp3) is 0.767. The number of nitrogens with zero attached hydrogens (tertiary/aromatic N) is 3. The van der Waals surface area contributed by atoms with E-state index in [4.69, 9.17) is 4.74 Å². The molecule has 2 aromatic heterocycles. The van der Waals surface area contributed by atoms with E-state index in [9.17, 15) is 9.90 Å². The summed E-state index contributed by atoms with van der Waals surface area (Å²) < 4.78 is 7.53. The zero-order valence-electron chi connectivity index (χ0n) is 22.3. The molecule has 4 aliphatic carbocycles. The summed E-state index contributed by atoms with van der Waals surface area (Å²) in [4.78, 5) is 18.1. The van der Waals surface area contributed by atoms with Crippen molar-refractivity contribution in [2.75, 3.05) is 13.2 Å². The monoisotopic (exact) mass is 493 g/mol. The second kappa shape index (κ2) is 8.90. The van der Waals surface area contributed by atoms with Crippen molar-refractivity contribution >= 4 is 16.8 Å². The van der Waals surface area contributed by atoms with Crippen LogP contribution in [0.3, 0.4) is 0 Å². The van der Waals surface area contributed by atoms with E-state index in [-0.39, 0.29) is 16.7 Å². The van der Waals surface area contributed by atoms with Crippen molar-refractivity contribution in [2.24, 2.45) is 40.4 Å². The first-order valence-corrected chi connectivity index (χ1v) is 14.4. The van der Waals surface area contributed by atoms with E-state index in [0.717, 1.165) is 55.0 Å². The number of aromatic nitrogens is 3. The normalized spacial score (nSPS) is 42.1. The summed E-state index contributed by atoms with van der Waals surface area (Å²) in [5, 5.41) is 15.8. The molecule has 1 N–H and O–H groups in total. The summed E-state index contributed by atoms with van der Waals surface area (Å²) in [6.45, 7) is 8.39. The Hall–Kier alpha value is -1.79. The molecular formula is C30H43N3O3. The molecule has 0 aliphatic heterocycles. The molecule has 36 heavy (non-hydrogen) atoms. The Bertz CT molecular complexity index is 1130. The van der Waals surface area contributed by atoms with Crippen LogP contribution in [0.1, 0.15) is 78.6 Å². The van der Waals surface area contributed by atoms with Gasteiger partial charge in [0.25, 0.3) is 0 Å². The van der Waals surface area contributed by atoms with Gasteiger partial charge >= 0.3 is 0 Å². The van der Waals surface area contributed by atoms with Gasteiger partial charge in [-0.2, -0.15) is 5.10 Å². The molecule has 6 heteroatoms. The minimum Gasteiger partial charge on any atom is -0.387 e. The number of hydrogen-bond donors (Lipinski definition) is 1. The Morgan fingerprint density at radius 1 is 1.11 bits per heavy atom. The average molecular weight is 494 g/mol. The van der Waals surface area contributed by atoms with Crippen LogP contribution in [0.5, 0.6) is 0 Å². The first kappa shape index (κ1) is 24.5. The van der Waals surface area contributed by atoms with Crippen molar-refractivity contribution < 1.29 is 14.6 Å². The molecule has 0 unspecified atom stereocenters. The lowest BCUT2D eigenvalue weighted by Gasteiger charge is -2.61. The van der Waals surface area contributed by atoms with E-state index in [1.807, 2.05) is 23.7 Å². The lowest BCUT2D eigenvalue weighted by Crippen LogP contribution is -2.56. The van der Waals surface area contributed by atoms with Gasteiger partial charge in [0.1, 0.15) is 12.1 Å². The zero-order valence-corrected chi connectivity index (χ0v) is 22.3. The Balaban J connectivity index is 1.17. The van der Waals surface area contributed by atoms with Gasteiger partial charge in [-0.25, -0.2) is 0 Å². The van der Waals surface area contributed by atoms with Gasteiger partial charge < -0.3 is 9.84 Å². The van der Waals surface area contributed by atoms with E-state index in [1.54, 1.807) is 12.4 Å². The molecule has 8 atom stereocenters. The molecule has 4 saturated carbocycles. The third-order valence-electron chi connectivity index (χ3n) is 11.3. The van der Waals surface area contributed by atoms with E-state index in [0.29, 0.717) is 37.4 Å². The van der Waals surface area contributed by atoms with Crippen molar-refractivity contribution in [3.63, 3.8) is 0 Å². The molecule has 0 bridgehead atoms. The Labute approximate surface area is 215 Å². The lowest BCUT2D eigenvalue weighted by atomic mass is 9.45. The first-order valence-electron chi connectivity index (χ1n) is 14.4. The summed E-state index contributed by atoms with van der Waals surface area (Å²) in [6, 6.07) is 3.92. The van der Waals surface area contributed by atoms with Crippen LogP contribution in [0.4, 0.5) is 0 Å². The smallest absolute Gasteiger partial charge is 0.157 e. The molecule has 0 radical (unpaired) electrons. The first-order chi connectivity index (χ1) is 17.3. The molecule has 0 amide bonds. The number of ketones is 1. The molecule has 0 spiro atoms. The van der Waals surface area contributed by atoms with Gasteiger partial charge in [-0.05, 0) is 111 Å². The van der Waals surface area contributed by atoms with Crippen LogP contribution in [0.15, 0.2) is 24.5 Å². The highest BCUT2D eigenvalue weighted by atomic mass is 16.5. The second-order valence-electron chi connectivity index (χ2n) is 13.2. The van der Waals surface area contributed by atoms with E-state index >= 15 is 0 Å². The number of carbonyl (C=O) groups is 1. The number of ether oxygens (including phenoxy) is 1. The van der Waals surface area contributed by atoms with E-state index in [2.05, 4.69) is 23.9 Å². The summed E-state index contributed by atoms with van der Waals surface area (Å²) in [5.74, 6) is 3.30. The Morgan fingerprint density at radius 2 is 1.92 bits per heavy atom. The third kappa shape index (κ3) is 3.86. The topological polar surface area (TPSA) is 77.2 Å². The van der Waals surface area contributed by atoms with Gasteiger partial charge in [-0.1, -0.05) is 13.8 Å². The van der Waals surface area contributed by atoms with Crippen LogP contribution in [-0.4, -0.2) is 44.5 Å². The van der Waals surface area contributed by atoms with Crippen LogP contribution in [0.2, 0.25) is 0 Å². The van der Waals surface area contributed by atoms with Crippen molar-refractivity contribution in [2.45, 2.75) is 90.7 Å². The highest BCUT2D eigenvalue weighted by Gasteiger charge is 2.61. The van der Waals surface area contributed by atoms with Crippen molar-refractivity contribution in [3.05, 3.63) is 24.5 Å². The van der Waals surface area contributed by atoms with Crippen LogP contribution in [-0.2, 0) is 16.1 Å². The third-order valence-corrected chi connectivity index (χ3v) is 11.3. The van der Waals surface area contributed by atoms with Gasteiger partial charge in [0, 0.05) is 18.7 Å². The maximum Gasteiger partial charge on any atom is 0.157 e. The molecule has 4 fully saturated rings. The van der Waals surface area contributed by atoms with Gasteiger partial charge in [-0.15, -0.1) is 0 Å². The summed E-state index contributed by atoms with van der Waals surface area (Å²) in [5.41, 5.74) is 1.46. The fourth-order valence-corrected chi connectivity index (χ4v) is 9.72. The summed E-state index contributed by atoms with van der Waals surface area (Å²) in [6.07, 6.45) is 13.5. The predicted octanol–water partition coefficient (Wildman–Crippen LogP) is 5.43. The van der Waals surface area contributed by atoms with Crippen molar-refractivity contribution in [3.8, 4) is 0 Å². The second-order valence-corrected chi connectivity index (χ2v) is 13.2. The largest absolute Gasteiger partial charge is 0.387 e. The number of hydrogen-bond acceptors (Lipinski definition) is 5. The van der Waals surface area contributed by atoms with Crippen LogP contribution in [0.25, 0.3) is 11.0 Å². The number of Topliss-reactive ketones (excluding diaryl/α,β-unsaturated/α-hetero) is 1. The zero-order chi connectivity index (χ0) is 25.1. The van der Waals surface area contributed by atoms with Crippen molar-refractivity contribution in [1.29, 1.82) is 0 Å². The highest BCUT2D eigenvalue weighted by molar-refractivity contribution is 5.84. The van der Waals surface area contributed by atoms with Gasteiger partial charge in [0.15, 0.2) is 5.78 Å². The predicted molar refractivity (Wildman–Crippen MR) is 139 cm³/mol. The number of fused-ring (bicyclic) bond motifs is 6. The minimum atomic E-state index is -0.658. The maximum absolute atomic E-state index is 13.7. The number of carbonyl (C=O) groups excluding carboxylic acids is 1. The minimum absolute atomic E-state index is 0.109. The van der Waals surface area contributed by atoms with Crippen molar-refractivity contribution in [1.82, 2.24) is 14.8 Å². The molecule has 0 aromatic carbocycles. The lowest BCUT2D eigenvalue weighted by molar-refractivity contribution is -0.162. The molecule has 6 rings (SSSR count). The molecule has 4 aliphatic rings. The van der Waals surface area contributed by atoms with Crippen LogP contribution < -0.4 is 0 Å². The molecule has 2 aromatic rings. The van der Waals surface area contributed by atoms with Crippen LogP contribution >= 0.6 is 0 Å². The van der Waals surface area contributed by atoms with E-state index < -0.39 is 5.60 Å². The number of aliphatic hydroxyl groups is 1. The standard InChI is InChI=1S/C30H43N3O3/c1-4-36-19-30(35)14-11-22-20-10-13-29(3)23(21(20)9-12-28(22,2)18-30)7-8-24(29)27(34)17-33-26-6-5-15-31-25(26)16-32-33/h5-6,15-16,20-24,35H,4,7-14,17-19H2,1-3H3/t20-,21+,22+,23-,24+,28-,29-,30+/m0/s1. The maximum atomic E-state index is 13.7.